The number of hydrogen-bond acceptors (Lipinski definition) is 2. The molecule has 1 heterocycles. The van der Waals surface area contributed by atoms with Crippen molar-refractivity contribution in [3.05, 3.63) is 67.2 Å². The van der Waals surface area contributed by atoms with Crippen LogP contribution in [0.25, 0.3) is 0 Å². The van der Waals surface area contributed by atoms with Gasteiger partial charge in [-0.15, -0.1) is 0 Å². The topological polar surface area (TPSA) is 65.7 Å². The maximum Gasteiger partial charge on any atom is 0.325 e. The molecular formula is C17H17FN2O2. The lowest BCUT2D eigenvalue weighted by Crippen LogP contribution is -2.41. The fourth-order valence-electron chi connectivity index (χ4n) is 4.22. The van der Waals surface area contributed by atoms with Crippen molar-refractivity contribution in [3.8, 4) is 0 Å². The number of rotatable bonds is 0. The Morgan fingerprint density at radius 3 is 2.82 bits per heavy atom. The van der Waals surface area contributed by atoms with Gasteiger partial charge in [0.05, 0.1) is 0 Å². The Kier molecular flexibility index (Phi) is 2.86. The van der Waals surface area contributed by atoms with Crippen LogP contribution >= 0.6 is 0 Å². The number of H-pyrrole nitrogens is 2. The third-order valence-corrected chi connectivity index (χ3v) is 5.24. The molecule has 0 aliphatic heterocycles. The number of hydrogen-bond donors (Lipinski definition) is 2. The quantitative estimate of drug-likeness (QED) is 0.781. The smallest absolute Gasteiger partial charge is 0.311 e. The summed E-state index contributed by atoms with van der Waals surface area (Å²) in [5, 5.41) is 0. The zero-order valence-corrected chi connectivity index (χ0v) is 12.2. The summed E-state index contributed by atoms with van der Waals surface area (Å²) in [4.78, 5) is 28.6. The molecular weight excluding hydrogens is 283 g/mol. The Bertz CT molecular complexity index is 868. The Morgan fingerprint density at radius 2 is 1.95 bits per heavy atom. The standard InChI is InChI=1S/C17H17FN2O2/c18-11-4-3-10-2-1-6-17(13(10)8-11)7-5-12-14(9-17)19-16(22)20-15(12)21/h3-4,8H,1-2,5-7,9H2,(H2,19,20,21,22). The van der Waals surface area contributed by atoms with E-state index >= 15 is 0 Å². The van der Waals surface area contributed by atoms with Gasteiger partial charge in [0.2, 0.25) is 0 Å². The Balaban J connectivity index is 1.87. The van der Waals surface area contributed by atoms with Crippen molar-refractivity contribution in [1.29, 1.82) is 0 Å². The number of fused-ring (bicyclic) bond motifs is 3. The molecule has 5 heteroatoms. The number of aromatic nitrogens is 2. The Hall–Kier alpha value is -2.17. The van der Waals surface area contributed by atoms with Gasteiger partial charge in [0.1, 0.15) is 5.82 Å². The fraction of sp³-hybridized carbons (Fsp3) is 0.412. The Morgan fingerprint density at radius 1 is 1.09 bits per heavy atom. The molecule has 4 rings (SSSR count). The second kappa shape index (κ2) is 4.66. The van der Waals surface area contributed by atoms with Crippen LogP contribution in [0.1, 0.15) is 41.6 Å². The van der Waals surface area contributed by atoms with Crippen LogP contribution < -0.4 is 11.2 Å². The van der Waals surface area contributed by atoms with Crippen LogP contribution in [-0.2, 0) is 24.7 Å². The molecule has 1 unspecified atom stereocenters. The summed E-state index contributed by atoms with van der Waals surface area (Å²) in [6.45, 7) is 0. The van der Waals surface area contributed by atoms with E-state index in [0.717, 1.165) is 36.9 Å². The first-order valence-corrected chi connectivity index (χ1v) is 7.71. The summed E-state index contributed by atoms with van der Waals surface area (Å²) >= 11 is 0. The third-order valence-electron chi connectivity index (χ3n) is 5.24. The molecule has 0 fully saturated rings. The maximum atomic E-state index is 13.7. The van der Waals surface area contributed by atoms with Crippen molar-refractivity contribution in [2.45, 2.75) is 43.9 Å². The minimum Gasteiger partial charge on any atom is -0.311 e. The molecule has 4 nitrogen and oxygen atoms in total. The monoisotopic (exact) mass is 300 g/mol. The van der Waals surface area contributed by atoms with E-state index in [0.29, 0.717) is 18.4 Å². The van der Waals surface area contributed by atoms with Crippen molar-refractivity contribution < 1.29 is 4.39 Å². The summed E-state index contributed by atoms with van der Waals surface area (Å²) < 4.78 is 13.7. The van der Waals surface area contributed by atoms with Crippen LogP contribution in [0.4, 0.5) is 4.39 Å². The van der Waals surface area contributed by atoms with Crippen LogP contribution in [0.2, 0.25) is 0 Å². The molecule has 0 saturated carbocycles. The largest absolute Gasteiger partial charge is 0.325 e. The molecule has 0 bridgehead atoms. The SMILES string of the molecule is O=c1[nH]c2c(c(=O)[nH]1)CCC1(CCCc3ccc(F)cc31)C2. The first-order valence-electron chi connectivity index (χ1n) is 7.71. The highest BCUT2D eigenvalue weighted by atomic mass is 19.1. The lowest BCUT2D eigenvalue weighted by molar-refractivity contribution is 0.309. The second-order valence-electron chi connectivity index (χ2n) is 6.48. The van der Waals surface area contributed by atoms with E-state index in [-0.39, 0.29) is 16.8 Å². The average Bonchev–Trinajstić information content (AvgIpc) is 2.48. The molecule has 1 aromatic carbocycles. The molecule has 1 spiro atoms. The normalized spacial score (nSPS) is 23.1. The van der Waals surface area contributed by atoms with E-state index in [1.165, 1.54) is 11.6 Å². The highest BCUT2D eigenvalue weighted by Crippen LogP contribution is 2.45. The Labute approximate surface area is 126 Å². The molecule has 2 N–H and O–H groups in total. The lowest BCUT2D eigenvalue weighted by Gasteiger charge is -2.42. The number of aryl methyl sites for hydroxylation is 1. The van der Waals surface area contributed by atoms with Crippen molar-refractivity contribution in [3.63, 3.8) is 0 Å². The van der Waals surface area contributed by atoms with Crippen LogP contribution in [0.5, 0.6) is 0 Å². The van der Waals surface area contributed by atoms with Crippen molar-refractivity contribution >= 4 is 0 Å². The number of aromatic amines is 2. The van der Waals surface area contributed by atoms with Gasteiger partial charge >= 0.3 is 5.69 Å². The molecule has 0 saturated heterocycles. The summed E-state index contributed by atoms with van der Waals surface area (Å²) in [5.74, 6) is -0.217. The minimum atomic E-state index is -0.462. The second-order valence-corrected chi connectivity index (χ2v) is 6.48. The maximum absolute atomic E-state index is 13.7. The molecule has 0 radical (unpaired) electrons. The third kappa shape index (κ3) is 1.95. The van der Waals surface area contributed by atoms with Gasteiger partial charge in [0, 0.05) is 16.7 Å². The molecule has 22 heavy (non-hydrogen) atoms. The molecule has 2 aliphatic rings. The number of halogens is 1. The molecule has 2 aromatic rings. The van der Waals surface area contributed by atoms with Gasteiger partial charge in [0.15, 0.2) is 0 Å². The highest BCUT2D eigenvalue weighted by Gasteiger charge is 2.40. The lowest BCUT2D eigenvalue weighted by atomic mass is 9.62. The van der Waals surface area contributed by atoms with E-state index in [4.69, 9.17) is 0 Å². The first-order chi connectivity index (χ1) is 10.6. The molecule has 0 amide bonds. The van der Waals surface area contributed by atoms with Gasteiger partial charge in [-0.1, -0.05) is 6.07 Å². The van der Waals surface area contributed by atoms with Crippen LogP contribution in [0.3, 0.4) is 0 Å². The zero-order valence-electron chi connectivity index (χ0n) is 12.2. The average molecular weight is 300 g/mol. The van der Waals surface area contributed by atoms with Crippen molar-refractivity contribution in [2.24, 2.45) is 0 Å². The molecule has 2 aliphatic carbocycles. The van der Waals surface area contributed by atoms with Gasteiger partial charge in [-0.3, -0.25) is 9.78 Å². The van der Waals surface area contributed by atoms with Crippen LogP contribution in [0, 0.1) is 5.82 Å². The molecule has 1 atom stereocenters. The van der Waals surface area contributed by atoms with Gasteiger partial charge in [0.25, 0.3) is 5.56 Å². The predicted octanol–water partition coefficient (Wildman–Crippen LogP) is 1.97. The fourth-order valence-corrected chi connectivity index (χ4v) is 4.22. The molecule has 1 aromatic heterocycles. The summed E-state index contributed by atoms with van der Waals surface area (Å²) in [7, 11) is 0. The van der Waals surface area contributed by atoms with E-state index in [2.05, 4.69) is 9.97 Å². The van der Waals surface area contributed by atoms with E-state index in [1.807, 2.05) is 6.07 Å². The van der Waals surface area contributed by atoms with Crippen LogP contribution in [0.15, 0.2) is 27.8 Å². The number of nitrogens with one attached hydrogen (secondary N) is 2. The summed E-state index contributed by atoms with van der Waals surface area (Å²) in [6.07, 6.45) is 5.05. The highest BCUT2D eigenvalue weighted by molar-refractivity contribution is 5.41. The van der Waals surface area contributed by atoms with E-state index in [9.17, 15) is 14.0 Å². The van der Waals surface area contributed by atoms with Gasteiger partial charge in [-0.2, -0.15) is 0 Å². The first kappa shape index (κ1) is 13.5. The summed E-state index contributed by atoms with van der Waals surface area (Å²) in [5.41, 5.74) is 2.75. The van der Waals surface area contributed by atoms with Crippen LogP contribution in [-0.4, -0.2) is 9.97 Å². The van der Waals surface area contributed by atoms with Gasteiger partial charge in [-0.25, -0.2) is 9.18 Å². The predicted molar refractivity (Wildman–Crippen MR) is 80.7 cm³/mol. The van der Waals surface area contributed by atoms with Gasteiger partial charge < -0.3 is 4.98 Å². The minimum absolute atomic E-state index is 0.153. The summed E-state index contributed by atoms with van der Waals surface area (Å²) in [6, 6.07) is 5.04. The van der Waals surface area contributed by atoms with Crippen molar-refractivity contribution in [1.82, 2.24) is 9.97 Å². The van der Waals surface area contributed by atoms with E-state index in [1.54, 1.807) is 6.07 Å². The zero-order chi connectivity index (χ0) is 15.3. The van der Waals surface area contributed by atoms with E-state index < -0.39 is 5.69 Å². The van der Waals surface area contributed by atoms with Crippen molar-refractivity contribution in [2.75, 3.05) is 0 Å². The number of benzene rings is 1. The molecule has 114 valence electrons. The van der Waals surface area contributed by atoms with Gasteiger partial charge in [-0.05, 0) is 61.8 Å².